The maximum Gasteiger partial charge on any atom is 0.260 e. The number of benzene rings is 1. The molecule has 0 bridgehead atoms. The van der Waals surface area contributed by atoms with Gasteiger partial charge in [0.05, 0.1) is 15.6 Å². The number of aryl methyl sites for hydroxylation is 1. The third-order valence-electron chi connectivity index (χ3n) is 2.25. The van der Waals surface area contributed by atoms with Gasteiger partial charge in [-0.25, -0.2) is 0 Å². The maximum atomic E-state index is 6.05. The Morgan fingerprint density at radius 1 is 1.24 bits per heavy atom. The van der Waals surface area contributed by atoms with E-state index in [4.69, 9.17) is 33.5 Å². The molecule has 0 amide bonds. The maximum absolute atomic E-state index is 6.05. The van der Waals surface area contributed by atoms with Crippen molar-refractivity contribution in [2.75, 3.05) is 6.54 Å². The first kappa shape index (κ1) is 12.4. The summed E-state index contributed by atoms with van der Waals surface area (Å²) in [4.78, 5) is 4.24. The van der Waals surface area contributed by atoms with Gasteiger partial charge in [0.25, 0.3) is 5.89 Å². The highest BCUT2D eigenvalue weighted by atomic mass is 35.5. The minimum atomic E-state index is 0.340. The monoisotopic (exact) mass is 271 g/mol. The van der Waals surface area contributed by atoms with Crippen molar-refractivity contribution in [3.05, 3.63) is 34.1 Å². The summed E-state index contributed by atoms with van der Waals surface area (Å²) in [6.45, 7) is 0.594. The minimum Gasteiger partial charge on any atom is -0.334 e. The Morgan fingerprint density at radius 2 is 1.94 bits per heavy atom. The Balaban J connectivity index is 2.30. The van der Waals surface area contributed by atoms with Gasteiger partial charge in [-0.15, -0.1) is 0 Å². The first-order chi connectivity index (χ1) is 8.22. The normalized spacial score (nSPS) is 10.8. The predicted octanol–water partition coefficient (Wildman–Crippen LogP) is 2.93. The quantitative estimate of drug-likeness (QED) is 0.929. The van der Waals surface area contributed by atoms with Crippen LogP contribution in [0.15, 0.2) is 22.7 Å². The lowest BCUT2D eigenvalue weighted by Gasteiger charge is -2.00. The highest BCUT2D eigenvalue weighted by Gasteiger charge is 2.15. The average Bonchev–Trinajstić information content (AvgIpc) is 2.75. The van der Waals surface area contributed by atoms with Gasteiger partial charge in [0.2, 0.25) is 0 Å². The Kier molecular flexibility index (Phi) is 3.99. The zero-order chi connectivity index (χ0) is 12.3. The van der Waals surface area contributed by atoms with E-state index in [2.05, 4.69) is 10.1 Å². The highest BCUT2D eigenvalue weighted by Crippen LogP contribution is 2.33. The first-order valence-electron chi connectivity index (χ1n) is 5.19. The van der Waals surface area contributed by atoms with E-state index >= 15 is 0 Å². The summed E-state index contributed by atoms with van der Waals surface area (Å²) in [5, 5.41) is 4.84. The molecule has 0 aliphatic rings. The van der Waals surface area contributed by atoms with Gasteiger partial charge in [0, 0.05) is 6.42 Å². The molecule has 0 radical (unpaired) electrons. The van der Waals surface area contributed by atoms with Crippen molar-refractivity contribution in [1.82, 2.24) is 10.1 Å². The second-order valence-electron chi connectivity index (χ2n) is 3.50. The minimum absolute atomic E-state index is 0.340. The highest BCUT2D eigenvalue weighted by molar-refractivity contribution is 6.38. The van der Waals surface area contributed by atoms with Gasteiger partial charge >= 0.3 is 0 Å². The molecule has 1 aromatic carbocycles. The lowest BCUT2D eigenvalue weighted by molar-refractivity contribution is 0.422. The van der Waals surface area contributed by atoms with Crippen molar-refractivity contribution >= 4 is 23.2 Å². The van der Waals surface area contributed by atoms with Crippen LogP contribution in [-0.2, 0) is 6.42 Å². The van der Waals surface area contributed by atoms with Crippen molar-refractivity contribution in [2.45, 2.75) is 12.8 Å². The predicted molar refractivity (Wildman–Crippen MR) is 67.1 cm³/mol. The van der Waals surface area contributed by atoms with E-state index in [1.807, 2.05) is 0 Å². The molecule has 90 valence electrons. The number of rotatable bonds is 4. The molecule has 0 saturated carbocycles. The number of nitrogens with two attached hydrogens (primary N) is 1. The fourth-order valence-electron chi connectivity index (χ4n) is 1.42. The van der Waals surface area contributed by atoms with E-state index in [0.717, 1.165) is 6.42 Å². The van der Waals surface area contributed by atoms with Crippen molar-refractivity contribution in [2.24, 2.45) is 5.73 Å². The van der Waals surface area contributed by atoms with Crippen molar-refractivity contribution in [3.63, 3.8) is 0 Å². The van der Waals surface area contributed by atoms with Crippen LogP contribution in [0.4, 0.5) is 0 Å². The van der Waals surface area contributed by atoms with Crippen LogP contribution >= 0.6 is 23.2 Å². The average molecular weight is 272 g/mol. The summed E-state index contributed by atoms with van der Waals surface area (Å²) in [5.74, 6) is 0.953. The van der Waals surface area contributed by atoms with Gasteiger partial charge in [-0.3, -0.25) is 0 Å². The Hall–Kier alpha value is -1.10. The smallest absolute Gasteiger partial charge is 0.260 e. The van der Waals surface area contributed by atoms with Crippen LogP contribution in [0.25, 0.3) is 11.5 Å². The van der Waals surface area contributed by atoms with Gasteiger partial charge in [-0.05, 0) is 25.1 Å². The van der Waals surface area contributed by atoms with Crippen molar-refractivity contribution < 1.29 is 4.52 Å². The molecule has 1 heterocycles. The van der Waals surface area contributed by atoms with Gasteiger partial charge in [-0.1, -0.05) is 34.4 Å². The van der Waals surface area contributed by atoms with E-state index in [1.54, 1.807) is 18.2 Å². The zero-order valence-corrected chi connectivity index (χ0v) is 10.5. The largest absolute Gasteiger partial charge is 0.334 e. The SMILES string of the molecule is NCCCc1noc(-c2c(Cl)cccc2Cl)n1. The van der Waals surface area contributed by atoms with E-state index in [0.29, 0.717) is 40.3 Å². The molecule has 2 N–H and O–H groups in total. The molecular weight excluding hydrogens is 261 g/mol. The molecule has 6 heteroatoms. The molecule has 1 aromatic heterocycles. The third-order valence-corrected chi connectivity index (χ3v) is 2.88. The Morgan fingerprint density at radius 3 is 2.59 bits per heavy atom. The van der Waals surface area contributed by atoms with Crippen LogP contribution in [0.1, 0.15) is 12.2 Å². The molecule has 0 aliphatic carbocycles. The summed E-state index contributed by atoms with van der Waals surface area (Å²) >= 11 is 12.1. The molecule has 0 unspecified atom stereocenters. The van der Waals surface area contributed by atoms with E-state index in [1.165, 1.54) is 0 Å². The third kappa shape index (κ3) is 2.77. The molecular formula is C11H11Cl2N3O. The molecule has 0 atom stereocenters. The molecule has 4 nitrogen and oxygen atoms in total. The van der Waals surface area contributed by atoms with Crippen LogP contribution in [0.2, 0.25) is 10.0 Å². The Bertz CT molecular complexity index is 493. The van der Waals surface area contributed by atoms with Crippen LogP contribution in [0.5, 0.6) is 0 Å². The van der Waals surface area contributed by atoms with Gasteiger partial charge in [0.1, 0.15) is 0 Å². The number of hydrogen-bond donors (Lipinski definition) is 1. The number of halogens is 2. The standard InChI is InChI=1S/C11H11Cl2N3O/c12-7-3-1-4-8(13)10(7)11-15-9(16-17-11)5-2-6-14/h1,3-4H,2,5-6,14H2. The van der Waals surface area contributed by atoms with Gasteiger partial charge in [0.15, 0.2) is 5.82 Å². The summed E-state index contributed by atoms with van der Waals surface area (Å²) in [6, 6.07) is 5.22. The number of aromatic nitrogens is 2. The second-order valence-corrected chi connectivity index (χ2v) is 4.32. The van der Waals surface area contributed by atoms with Gasteiger partial charge in [-0.2, -0.15) is 4.98 Å². The van der Waals surface area contributed by atoms with Crippen LogP contribution < -0.4 is 5.73 Å². The zero-order valence-electron chi connectivity index (χ0n) is 8.99. The molecule has 0 saturated heterocycles. The fraction of sp³-hybridized carbons (Fsp3) is 0.273. The summed E-state index contributed by atoms with van der Waals surface area (Å²) < 4.78 is 5.14. The summed E-state index contributed by atoms with van der Waals surface area (Å²) in [6.07, 6.45) is 1.50. The molecule has 0 spiro atoms. The molecule has 2 aromatic rings. The van der Waals surface area contributed by atoms with Gasteiger partial charge < -0.3 is 10.3 Å². The number of nitrogens with zero attached hydrogens (tertiary/aromatic N) is 2. The lowest BCUT2D eigenvalue weighted by atomic mass is 10.2. The fourth-order valence-corrected chi connectivity index (χ4v) is 1.98. The van der Waals surface area contributed by atoms with Crippen molar-refractivity contribution in [1.29, 1.82) is 0 Å². The topological polar surface area (TPSA) is 64.9 Å². The molecule has 17 heavy (non-hydrogen) atoms. The lowest BCUT2D eigenvalue weighted by Crippen LogP contribution is -2.01. The Labute approximate surface area is 109 Å². The molecule has 2 rings (SSSR count). The second kappa shape index (κ2) is 5.49. The summed E-state index contributed by atoms with van der Waals surface area (Å²) in [5.41, 5.74) is 5.99. The van der Waals surface area contributed by atoms with Crippen LogP contribution in [-0.4, -0.2) is 16.7 Å². The van der Waals surface area contributed by atoms with E-state index in [-0.39, 0.29) is 0 Å². The van der Waals surface area contributed by atoms with E-state index < -0.39 is 0 Å². The number of hydrogen-bond acceptors (Lipinski definition) is 4. The van der Waals surface area contributed by atoms with E-state index in [9.17, 15) is 0 Å². The molecule has 0 fully saturated rings. The van der Waals surface area contributed by atoms with Crippen LogP contribution in [0, 0.1) is 0 Å². The van der Waals surface area contributed by atoms with Crippen molar-refractivity contribution in [3.8, 4) is 11.5 Å². The van der Waals surface area contributed by atoms with Crippen LogP contribution in [0.3, 0.4) is 0 Å². The molecule has 0 aliphatic heterocycles. The summed E-state index contributed by atoms with van der Waals surface area (Å²) in [7, 11) is 0. The first-order valence-corrected chi connectivity index (χ1v) is 5.95.